The van der Waals surface area contributed by atoms with Crippen LogP contribution in [0.15, 0.2) is 35.9 Å². The quantitative estimate of drug-likeness (QED) is 0.115. The van der Waals surface area contributed by atoms with E-state index in [0.29, 0.717) is 30.0 Å². The van der Waals surface area contributed by atoms with Crippen LogP contribution < -0.4 is 20.3 Å². The molecule has 0 radical (unpaired) electrons. The number of aliphatic hydroxyl groups excluding tert-OH is 1. The molecule has 2 saturated heterocycles. The van der Waals surface area contributed by atoms with Crippen molar-refractivity contribution in [2.45, 2.75) is 101 Å². The van der Waals surface area contributed by atoms with Crippen molar-refractivity contribution in [1.82, 2.24) is 10.6 Å². The number of rotatable bonds is 8. The number of hydrogen-bond donors (Lipinski definition) is 5. The van der Waals surface area contributed by atoms with Gasteiger partial charge in [-0.25, -0.2) is 4.79 Å². The Morgan fingerprint density at radius 3 is 2.67 bits per heavy atom. The molecule has 272 valence electrons. The second kappa shape index (κ2) is 16.0. The molecule has 15 heteroatoms. The molecular weight excluding hydrogens is 678 g/mol. The maximum absolute atomic E-state index is 14.0. The van der Waals surface area contributed by atoms with Gasteiger partial charge in [0.1, 0.15) is 47.0 Å². The van der Waals surface area contributed by atoms with Crippen LogP contribution in [0.25, 0.3) is 0 Å². The highest BCUT2D eigenvalue weighted by atomic mass is 35.5. The van der Waals surface area contributed by atoms with E-state index in [1.165, 1.54) is 19.1 Å². The first-order valence-electron chi connectivity index (χ1n) is 16.2. The Bertz CT molecular complexity index is 1460. The molecule has 3 aliphatic rings. The van der Waals surface area contributed by atoms with Crippen LogP contribution in [0, 0.1) is 5.92 Å². The van der Waals surface area contributed by atoms with Crippen molar-refractivity contribution in [3.63, 3.8) is 0 Å². The van der Waals surface area contributed by atoms with Crippen molar-refractivity contribution in [2.75, 3.05) is 31.9 Å². The molecule has 49 heavy (non-hydrogen) atoms. The molecule has 0 saturated carbocycles. The number of carbonyl (C=O) groups is 3. The number of fused-ring (bicyclic) bond motifs is 5. The SMILES string of the molecule is COc1cc2cc(c1Cl)N(C)C(=O)C[C@H](OC(=O)[C@H](C)NC(O)CCS)C1(C)O[C@H]1[C@H](C)[C@@H]1C[C@@](O)(NC(=O)O1)[C@H](OC)/C=C/C=C(\C)C2. The fourth-order valence-electron chi connectivity index (χ4n) is 6.41. The molecule has 0 aromatic heterocycles. The van der Waals surface area contributed by atoms with Crippen molar-refractivity contribution in [3.8, 4) is 5.75 Å². The van der Waals surface area contributed by atoms with Crippen molar-refractivity contribution in [2.24, 2.45) is 5.92 Å². The highest BCUT2D eigenvalue weighted by Gasteiger charge is 2.64. The third-order valence-electron chi connectivity index (χ3n) is 9.41. The van der Waals surface area contributed by atoms with Crippen LogP contribution in [0.1, 0.15) is 52.5 Å². The van der Waals surface area contributed by atoms with Gasteiger partial charge in [-0.2, -0.15) is 12.6 Å². The number of amides is 2. The standard InChI is InChI=1S/C34H48ClN3O10S/c1-18-9-8-10-25(45-7)34(43)17-24(46-32(42)37-34)19(2)30-33(4,48-30)26(47-31(41)20(3)36-27(39)11-12-49)16-28(40)38(5)22-14-21(13-18)15-23(44-6)29(22)35/h8-10,14-15,19-20,24-27,30,36,39,43,49H,11-13,16-17H2,1-7H3,(H,37,42)/b10-8+,18-9+/t19-,20+,24+,25-,26+,27?,30+,33?,34+/m1/s1. The molecule has 2 fully saturated rings. The van der Waals surface area contributed by atoms with Gasteiger partial charge in [0.15, 0.2) is 5.72 Å². The monoisotopic (exact) mass is 725 g/mol. The van der Waals surface area contributed by atoms with Crippen molar-refractivity contribution in [3.05, 3.63) is 46.5 Å². The summed E-state index contributed by atoms with van der Waals surface area (Å²) >= 11 is 10.8. The Labute approximate surface area is 297 Å². The summed E-state index contributed by atoms with van der Waals surface area (Å²) in [4.78, 5) is 41.5. The average Bonchev–Trinajstić information content (AvgIpc) is 3.73. The molecule has 2 amide bonds. The highest BCUT2D eigenvalue weighted by molar-refractivity contribution is 7.80. The van der Waals surface area contributed by atoms with Gasteiger partial charge in [-0.05, 0) is 57.1 Å². The van der Waals surface area contributed by atoms with E-state index >= 15 is 0 Å². The van der Waals surface area contributed by atoms with E-state index in [1.54, 1.807) is 52.1 Å². The summed E-state index contributed by atoms with van der Waals surface area (Å²) in [5.41, 5.74) is -0.850. The Balaban J connectivity index is 1.76. The Morgan fingerprint density at radius 1 is 1.31 bits per heavy atom. The van der Waals surface area contributed by atoms with Gasteiger partial charge >= 0.3 is 12.1 Å². The van der Waals surface area contributed by atoms with Crippen LogP contribution in [-0.2, 0) is 35.0 Å². The first-order chi connectivity index (χ1) is 23.1. The number of alkyl carbamates (subject to hydrolysis) is 1. The molecule has 13 nitrogen and oxygen atoms in total. The summed E-state index contributed by atoms with van der Waals surface area (Å²) in [6.07, 6.45) is 0.373. The third kappa shape index (κ3) is 8.91. The predicted molar refractivity (Wildman–Crippen MR) is 186 cm³/mol. The fraction of sp³-hybridized carbons (Fsp3) is 0.618. The number of ether oxygens (including phenoxy) is 5. The number of carbonyl (C=O) groups excluding carboxylic acids is 3. The molecule has 3 aliphatic heterocycles. The van der Waals surface area contributed by atoms with Gasteiger partial charge < -0.3 is 38.8 Å². The molecule has 4 N–H and O–H groups in total. The number of epoxide rings is 1. The molecule has 0 aliphatic carbocycles. The minimum atomic E-state index is -1.81. The molecule has 2 unspecified atom stereocenters. The van der Waals surface area contributed by atoms with Crippen LogP contribution in [0.4, 0.5) is 10.5 Å². The van der Waals surface area contributed by atoms with E-state index in [9.17, 15) is 24.6 Å². The van der Waals surface area contributed by atoms with E-state index in [2.05, 4.69) is 23.3 Å². The van der Waals surface area contributed by atoms with Crippen LogP contribution in [-0.4, -0.2) is 103 Å². The van der Waals surface area contributed by atoms with Crippen LogP contribution in [0.3, 0.4) is 0 Å². The Hall–Kier alpha value is -2.85. The Morgan fingerprint density at radius 2 is 2.02 bits per heavy atom. The zero-order chi connectivity index (χ0) is 36.3. The lowest BCUT2D eigenvalue weighted by molar-refractivity contribution is -0.156. The number of hydrogen-bond acceptors (Lipinski definition) is 12. The fourth-order valence-corrected chi connectivity index (χ4v) is 6.97. The smallest absolute Gasteiger partial charge is 0.409 e. The lowest BCUT2D eigenvalue weighted by Crippen LogP contribution is -2.63. The van der Waals surface area contributed by atoms with Gasteiger partial charge in [0.25, 0.3) is 0 Å². The molecule has 4 bridgehead atoms. The molecule has 9 atom stereocenters. The summed E-state index contributed by atoms with van der Waals surface area (Å²) < 4.78 is 29.0. The first-order valence-corrected chi connectivity index (χ1v) is 17.2. The number of nitrogens with one attached hydrogen (secondary N) is 2. The van der Waals surface area contributed by atoms with Gasteiger partial charge in [0.05, 0.1) is 25.3 Å². The molecule has 4 rings (SSSR count). The number of thiol groups is 1. The number of anilines is 1. The summed E-state index contributed by atoms with van der Waals surface area (Å²) in [7, 11) is 4.50. The highest BCUT2D eigenvalue weighted by Crippen LogP contribution is 2.49. The van der Waals surface area contributed by atoms with Gasteiger partial charge in [-0.15, -0.1) is 0 Å². The molecule has 3 heterocycles. The van der Waals surface area contributed by atoms with Crippen LogP contribution >= 0.6 is 24.2 Å². The lowest BCUT2D eigenvalue weighted by Gasteiger charge is -2.42. The van der Waals surface area contributed by atoms with Crippen LogP contribution in [0.2, 0.25) is 5.02 Å². The van der Waals surface area contributed by atoms with Crippen molar-refractivity contribution >= 4 is 47.9 Å². The number of nitrogens with zero attached hydrogens (tertiary/aromatic N) is 1. The molecular formula is C34H48ClN3O10S. The zero-order valence-electron chi connectivity index (χ0n) is 28.9. The summed E-state index contributed by atoms with van der Waals surface area (Å²) in [5.74, 6) is -0.863. The minimum Gasteiger partial charge on any atom is -0.495 e. The van der Waals surface area contributed by atoms with E-state index in [0.717, 1.165) is 11.1 Å². The van der Waals surface area contributed by atoms with E-state index in [1.807, 2.05) is 13.0 Å². The van der Waals surface area contributed by atoms with E-state index in [-0.39, 0.29) is 17.9 Å². The number of allylic oxidation sites excluding steroid dienone is 3. The first kappa shape index (κ1) is 38.9. The third-order valence-corrected chi connectivity index (χ3v) is 10.0. The lowest BCUT2D eigenvalue weighted by atomic mass is 9.83. The van der Waals surface area contributed by atoms with E-state index in [4.69, 9.17) is 35.3 Å². The topological polar surface area (TPSA) is 168 Å². The maximum Gasteiger partial charge on any atom is 0.409 e. The number of esters is 1. The van der Waals surface area contributed by atoms with Crippen molar-refractivity contribution < 1.29 is 48.3 Å². The largest absolute Gasteiger partial charge is 0.495 e. The van der Waals surface area contributed by atoms with Gasteiger partial charge in [0, 0.05) is 26.5 Å². The van der Waals surface area contributed by atoms with Gasteiger partial charge in [-0.1, -0.05) is 42.3 Å². The average molecular weight is 726 g/mol. The molecule has 0 spiro atoms. The second-order valence-electron chi connectivity index (χ2n) is 13.1. The molecule has 1 aromatic rings. The maximum atomic E-state index is 14.0. The number of benzene rings is 1. The predicted octanol–water partition coefficient (Wildman–Crippen LogP) is 3.28. The summed E-state index contributed by atoms with van der Waals surface area (Å²) in [6.45, 7) is 6.98. The number of methoxy groups -OCH3 is 2. The summed E-state index contributed by atoms with van der Waals surface area (Å²) in [5, 5.41) is 27.4. The van der Waals surface area contributed by atoms with E-state index < -0.39 is 71.9 Å². The Kier molecular flexibility index (Phi) is 12.7. The minimum absolute atomic E-state index is 0.0401. The number of halogens is 1. The normalized spacial score (nSPS) is 33.6. The molecule has 1 aromatic carbocycles. The number of aliphatic hydroxyl groups is 2. The second-order valence-corrected chi connectivity index (χ2v) is 14.0. The van der Waals surface area contributed by atoms with Crippen molar-refractivity contribution in [1.29, 1.82) is 0 Å². The zero-order valence-corrected chi connectivity index (χ0v) is 30.5. The summed E-state index contributed by atoms with van der Waals surface area (Å²) in [6, 6.07) is 2.66. The van der Waals surface area contributed by atoms with Crippen LogP contribution in [0.5, 0.6) is 5.75 Å². The van der Waals surface area contributed by atoms with Gasteiger partial charge in [0.2, 0.25) is 5.91 Å². The van der Waals surface area contributed by atoms with Gasteiger partial charge in [-0.3, -0.25) is 20.2 Å².